The zero-order valence-electron chi connectivity index (χ0n) is 12.0. The van der Waals surface area contributed by atoms with Gasteiger partial charge in [0, 0.05) is 18.8 Å². The molecule has 1 fully saturated rings. The second-order valence-corrected chi connectivity index (χ2v) is 5.54. The van der Waals surface area contributed by atoms with Crippen molar-refractivity contribution in [2.75, 3.05) is 18.0 Å². The summed E-state index contributed by atoms with van der Waals surface area (Å²) in [5, 5.41) is 17.9. The van der Waals surface area contributed by atoms with Crippen LogP contribution in [0.1, 0.15) is 12.8 Å². The molecule has 3 rings (SSSR count). The number of carbonyl (C=O) groups is 2. The maximum absolute atomic E-state index is 11.0. The molecule has 1 aromatic carbocycles. The van der Waals surface area contributed by atoms with Crippen LogP contribution in [0, 0.1) is 5.92 Å². The van der Waals surface area contributed by atoms with Gasteiger partial charge in [-0.15, -0.1) is 0 Å². The van der Waals surface area contributed by atoms with Crippen molar-refractivity contribution in [3.63, 3.8) is 0 Å². The van der Waals surface area contributed by atoms with Crippen molar-refractivity contribution >= 4 is 28.7 Å². The number of anilines is 1. The maximum Gasteiger partial charge on any atom is 0.323 e. The standard InChI is InChI=1S/C15H17N3O4/c19-14(20)8-18-9-16-12-7-11(1-2-13(12)18)17-5-3-10(4-6-17)15(21)22/h1-2,7,9-10H,3-6,8H2,(H,19,20)(H,21,22). The van der Waals surface area contributed by atoms with Crippen LogP contribution in [0.2, 0.25) is 0 Å². The van der Waals surface area contributed by atoms with Gasteiger partial charge in [0.05, 0.1) is 23.3 Å². The van der Waals surface area contributed by atoms with Gasteiger partial charge in [-0.1, -0.05) is 0 Å². The van der Waals surface area contributed by atoms with Crippen LogP contribution in [0.15, 0.2) is 24.5 Å². The van der Waals surface area contributed by atoms with E-state index < -0.39 is 11.9 Å². The van der Waals surface area contributed by atoms with Gasteiger partial charge in [0.1, 0.15) is 6.54 Å². The Hall–Kier alpha value is -2.57. The van der Waals surface area contributed by atoms with Gasteiger partial charge in [-0.05, 0) is 31.0 Å². The lowest BCUT2D eigenvalue weighted by molar-refractivity contribution is -0.142. The molecule has 0 saturated carbocycles. The summed E-state index contributed by atoms with van der Waals surface area (Å²) in [6.45, 7) is 1.30. The van der Waals surface area contributed by atoms with Crippen molar-refractivity contribution in [2.24, 2.45) is 5.92 Å². The Morgan fingerprint density at radius 3 is 2.59 bits per heavy atom. The van der Waals surface area contributed by atoms with Gasteiger partial charge in [-0.25, -0.2) is 4.98 Å². The second-order valence-electron chi connectivity index (χ2n) is 5.54. The van der Waals surface area contributed by atoms with E-state index in [1.807, 2.05) is 18.2 Å². The molecule has 2 aromatic rings. The predicted molar refractivity (Wildman–Crippen MR) is 79.9 cm³/mol. The number of rotatable bonds is 4. The number of benzene rings is 1. The zero-order valence-corrected chi connectivity index (χ0v) is 12.0. The average molecular weight is 303 g/mol. The Morgan fingerprint density at radius 1 is 1.23 bits per heavy atom. The third-order valence-electron chi connectivity index (χ3n) is 4.12. The highest BCUT2D eigenvalue weighted by molar-refractivity contribution is 5.81. The zero-order chi connectivity index (χ0) is 15.7. The van der Waals surface area contributed by atoms with Crippen LogP contribution < -0.4 is 4.90 Å². The van der Waals surface area contributed by atoms with Crippen LogP contribution in [0.3, 0.4) is 0 Å². The van der Waals surface area contributed by atoms with E-state index in [4.69, 9.17) is 10.2 Å². The number of imidazole rings is 1. The molecule has 0 bridgehead atoms. The SMILES string of the molecule is O=C(O)Cn1cnc2cc(N3CCC(C(=O)O)CC3)ccc21. The fourth-order valence-corrected chi connectivity index (χ4v) is 2.91. The van der Waals surface area contributed by atoms with E-state index in [2.05, 4.69) is 9.88 Å². The van der Waals surface area contributed by atoms with Gasteiger partial charge in [0.25, 0.3) is 0 Å². The van der Waals surface area contributed by atoms with E-state index in [-0.39, 0.29) is 12.5 Å². The van der Waals surface area contributed by atoms with Crippen molar-refractivity contribution in [1.29, 1.82) is 0 Å². The third-order valence-corrected chi connectivity index (χ3v) is 4.12. The Balaban J connectivity index is 1.78. The van der Waals surface area contributed by atoms with E-state index in [1.54, 1.807) is 4.57 Å². The molecule has 2 N–H and O–H groups in total. The average Bonchev–Trinajstić information content (AvgIpc) is 2.89. The fourth-order valence-electron chi connectivity index (χ4n) is 2.91. The molecule has 22 heavy (non-hydrogen) atoms. The first kappa shape index (κ1) is 14.4. The minimum absolute atomic E-state index is 0.111. The van der Waals surface area contributed by atoms with Crippen LogP contribution in [-0.4, -0.2) is 44.8 Å². The molecular formula is C15H17N3O4. The summed E-state index contributed by atoms with van der Waals surface area (Å²) in [6.07, 6.45) is 2.81. The molecule has 0 aliphatic carbocycles. The number of carboxylic acid groups (broad SMARTS) is 2. The Labute approximate surface area is 126 Å². The molecule has 7 heteroatoms. The summed E-state index contributed by atoms with van der Waals surface area (Å²) in [5.74, 6) is -1.88. The second kappa shape index (κ2) is 5.67. The first-order valence-electron chi connectivity index (χ1n) is 7.19. The maximum atomic E-state index is 11.0. The third kappa shape index (κ3) is 2.74. The molecule has 2 heterocycles. The highest BCUT2D eigenvalue weighted by atomic mass is 16.4. The largest absolute Gasteiger partial charge is 0.481 e. The van der Waals surface area contributed by atoms with E-state index >= 15 is 0 Å². The number of fused-ring (bicyclic) bond motifs is 1. The monoisotopic (exact) mass is 303 g/mol. The summed E-state index contributed by atoms with van der Waals surface area (Å²) in [6, 6.07) is 5.72. The van der Waals surface area contributed by atoms with Gasteiger partial charge in [-0.2, -0.15) is 0 Å². The number of hydrogen-bond donors (Lipinski definition) is 2. The number of carboxylic acids is 2. The molecule has 0 radical (unpaired) electrons. The Kier molecular flexibility index (Phi) is 3.70. The highest BCUT2D eigenvalue weighted by Crippen LogP contribution is 2.26. The van der Waals surface area contributed by atoms with Crippen molar-refractivity contribution < 1.29 is 19.8 Å². The molecule has 1 aliphatic rings. The summed E-state index contributed by atoms with van der Waals surface area (Å²) in [4.78, 5) is 28.2. The number of hydrogen-bond acceptors (Lipinski definition) is 4. The minimum atomic E-state index is -0.904. The van der Waals surface area contributed by atoms with E-state index in [0.29, 0.717) is 25.9 Å². The molecule has 116 valence electrons. The molecule has 1 aliphatic heterocycles. The Morgan fingerprint density at radius 2 is 1.95 bits per heavy atom. The summed E-state index contributed by atoms with van der Waals surface area (Å²) in [7, 11) is 0. The summed E-state index contributed by atoms with van der Waals surface area (Å²) < 4.78 is 1.60. The van der Waals surface area contributed by atoms with Crippen LogP contribution in [0.5, 0.6) is 0 Å². The molecular weight excluding hydrogens is 286 g/mol. The van der Waals surface area contributed by atoms with Crippen molar-refractivity contribution in [1.82, 2.24) is 9.55 Å². The molecule has 0 atom stereocenters. The van der Waals surface area contributed by atoms with Crippen LogP contribution in [0.4, 0.5) is 5.69 Å². The lowest BCUT2D eigenvalue weighted by Crippen LogP contribution is -2.36. The lowest BCUT2D eigenvalue weighted by atomic mass is 9.97. The van der Waals surface area contributed by atoms with Gasteiger partial charge >= 0.3 is 11.9 Å². The molecule has 0 unspecified atom stereocenters. The van der Waals surface area contributed by atoms with E-state index in [0.717, 1.165) is 16.7 Å². The van der Waals surface area contributed by atoms with Crippen LogP contribution in [0.25, 0.3) is 11.0 Å². The molecule has 0 amide bonds. The van der Waals surface area contributed by atoms with E-state index in [9.17, 15) is 9.59 Å². The number of aromatic nitrogens is 2. The van der Waals surface area contributed by atoms with E-state index in [1.165, 1.54) is 6.33 Å². The van der Waals surface area contributed by atoms with Gasteiger partial charge in [0.15, 0.2) is 0 Å². The molecule has 1 aromatic heterocycles. The van der Waals surface area contributed by atoms with Crippen molar-refractivity contribution in [2.45, 2.75) is 19.4 Å². The van der Waals surface area contributed by atoms with Crippen LogP contribution >= 0.6 is 0 Å². The molecule has 1 saturated heterocycles. The number of piperidine rings is 1. The summed E-state index contributed by atoms with van der Waals surface area (Å²) in [5.41, 5.74) is 2.53. The van der Waals surface area contributed by atoms with Gasteiger partial charge < -0.3 is 19.7 Å². The highest BCUT2D eigenvalue weighted by Gasteiger charge is 2.24. The molecule has 7 nitrogen and oxygen atoms in total. The quantitative estimate of drug-likeness (QED) is 0.887. The Bertz CT molecular complexity index is 717. The smallest absolute Gasteiger partial charge is 0.323 e. The first-order chi connectivity index (χ1) is 10.5. The first-order valence-corrected chi connectivity index (χ1v) is 7.19. The van der Waals surface area contributed by atoms with Gasteiger partial charge in [-0.3, -0.25) is 9.59 Å². The van der Waals surface area contributed by atoms with Crippen LogP contribution in [-0.2, 0) is 16.1 Å². The lowest BCUT2D eigenvalue weighted by Gasteiger charge is -2.31. The topological polar surface area (TPSA) is 95.7 Å². The number of aliphatic carboxylic acids is 2. The normalized spacial score (nSPS) is 16.1. The fraction of sp³-hybridized carbons (Fsp3) is 0.400. The summed E-state index contributed by atoms with van der Waals surface area (Å²) >= 11 is 0. The minimum Gasteiger partial charge on any atom is -0.481 e. The van der Waals surface area contributed by atoms with Crippen molar-refractivity contribution in [3.8, 4) is 0 Å². The number of nitrogens with zero attached hydrogens (tertiary/aromatic N) is 3. The van der Waals surface area contributed by atoms with Gasteiger partial charge in [0.2, 0.25) is 0 Å². The molecule has 0 spiro atoms. The predicted octanol–water partition coefficient (Wildman–Crippen LogP) is 1.42. The van der Waals surface area contributed by atoms with Crippen molar-refractivity contribution in [3.05, 3.63) is 24.5 Å².